The summed E-state index contributed by atoms with van der Waals surface area (Å²) in [7, 11) is 0. The van der Waals surface area contributed by atoms with Crippen LogP contribution in [0.3, 0.4) is 0 Å². The quantitative estimate of drug-likeness (QED) is 0.684. The van der Waals surface area contributed by atoms with Crippen LogP contribution in [0.5, 0.6) is 0 Å². The predicted molar refractivity (Wildman–Crippen MR) is 84.2 cm³/mol. The number of rotatable bonds is 0. The molecule has 0 N–H and O–H groups in total. The van der Waals surface area contributed by atoms with E-state index < -0.39 is 5.79 Å². The van der Waals surface area contributed by atoms with E-state index in [-0.39, 0.29) is 10.8 Å². The van der Waals surface area contributed by atoms with Gasteiger partial charge in [-0.3, -0.25) is 4.79 Å². The third-order valence-electron chi connectivity index (χ3n) is 7.50. The van der Waals surface area contributed by atoms with Gasteiger partial charge < -0.3 is 9.47 Å². The number of fused-ring (bicyclic) bond motifs is 3. The second-order valence-corrected chi connectivity index (χ2v) is 8.61. The second-order valence-electron chi connectivity index (χ2n) is 8.61. The molecule has 1 heterocycles. The molecule has 1 saturated heterocycles. The third-order valence-corrected chi connectivity index (χ3v) is 7.50. The van der Waals surface area contributed by atoms with Gasteiger partial charge in [-0.25, -0.2) is 0 Å². The summed E-state index contributed by atoms with van der Waals surface area (Å²) in [6, 6.07) is 0. The molecular formula is C19H28O3. The molecule has 0 unspecified atom stereocenters. The van der Waals surface area contributed by atoms with Gasteiger partial charge in [0.25, 0.3) is 0 Å². The standard InChI is InChI=1S/C19H28O3/c1-17(2)16-7-5-13-4-6-14(20)12-15(13)18(16,3)8-9-19(17)21-10-11-22-19/h4,6,13,15-16H,5,7-12H2,1-3H3/t13-,15+,16+,18-/m1/s1. The molecule has 2 saturated carbocycles. The molecule has 3 nitrogen and oxygen atoms in total. The molecule has 1 spiro atoms. The molecule has 0 aromatic rings. The van der Waals surface area contributed by atoms with Crippen LogP contribution in [0, 0.1) is 28.6 Å². The average Bonchev–Trinajstić information content (AvgIpc) is 2.95. The van der Waals surface area contributed by atoms with Crippen LogP contribution < -0.4 is 0 Å². The first kappa shape index (κ1) is 14.9. The van der Waals surface area contributed by atoms with Crippen LogP contribution in [0.2, 0.25) is 0 Å². The van der Waals surface area contributed by atoms with E-state index in [0.717, 1.165) is 32.5 Å². The Labute approximate surface area is 133 Å². The zero-order chi connectivity index (χ0) is 15.6. The van der Waals surface area contributed by atoms with Gasteiger partial charge in [-0.2, -0.15) is 0 Å². The molecule has 0 aromatic carbocycles. The number of ether oxygens (including phenoxy) is 2. The lowest BCUT2D eigenvalue weighted by molar-refractivity contribution is -0.296. The third kappa shape index (κ3) is 1.78. The summed E-state index contributed by atoms with van der Waals surface area (Å²) < 4.78 is 12.3. The van der Waals surface area contributed by atoms with E-state index in [1.165, 1.54) is 12.8 Å². The molecule has 0 radical (unpaired) electrons. The minimum absolute atomic E-state index is 0.00563. The molecular weight excluding hydrogens is 276 g/mol. The van der Waals surface area contributed by atoms with E-state index in [4.69, 9.17) is 9.47 Å². The van der Waals surface area contributed by atoms with Crippen molar-refractivity contribution in [3.05, 3.63) is 12.2 Å². The minimum Gasteiger partial charge on any atom is -0.347 e. The number of ketones is 1. The highest BCUT2D eigenvalue weighted by molar-refractivity contribution is 5.90. The fourth-order valence-corrected chi connectivity index (χ4v) is 6.31. The molecule has 3 fully saturated rings. The van der Waals surface area contributed by atoms with Crippen molar-refractivity contribution in [1.82, 2.24) is 0 Å². The first-order valence-corrected chi connectivity index (χ1v) is 8.88. The molecule has 4 atom stereocenters. The van der Waals surface area contributed by atoms with E-state index in [1.807, 2.05) is 6.08 Å². The minimum atomic E-state index is -0.390. The molecule has 0 bridgehead atoms. The Kier molecular flexibility index (Phi) is 3.16. The highest BCUT2D eigenvalue weighted by atomic mass is 16.7. The van der Waals surface area contributed by atoms with Crippen LogP contribution in [0.4, 0.5) is 0 Å². The van der Waals surface area contributed by atoms with E-state index in [2.05, 4.69) is 26.8 Å². The first-order valence-electron chi connectivity index (χ1n) is 8.88. The molecule has 0 amide bonds. The highest BCUT2D eigenvalue weighted by Gasteiger charge is 2.65. The van der Waals surface area contributed by atoms with Gasteiger partial charge in [0.15, 0.2) is 11.6 Å². The van der Waals surface area contributed by atoms with Crippen molar-refractivity contribution >= 4 is 5.78 Å². The summed E-state index contributed by atoms with van der Waals surface area (Å²) in [5.41, 5.74) is 0.235. The van der Waals surface area contributed by atoms with Crippen molar-refractivity contribution in [3.63, 3.8) is 0 Å². The normalized spacial score (nSPS) is 45.6. The lowest BCUT2D eigenvalue weighted by Crippen LogP contribution is -2.62. The maximum Gasteiger partial charge on any atom is 0.173 e. The van der Waals surface area contributed by atoms with E-state index in [0.29, 0.717) is 23.5 Å². The molecule has 122 valence electrons. The molecule has 4 aliphatic rings. The van der Waals surface area contributed by atoms with Crippen molar-refractivity contribution in [1.29, 1.82) is 0 Å². The Hall–Kier alpha value is -0.670. The Morgan fingerprint density at radius 3 is 2.55 bits per heavy atom. The molecule has 3 aliphatic carbocycles. The van der Waals surface area contributed by atoms with Crippen LogP contribution in [-0.4, -0.2) is 24.8 Å². The average molecular weight is 304 g/mol. The van der Waals surface area contributed by atoms with Crippen LogP contribution in [0.1, 0.15) is 52.9 Å². The summed E-state index contributed by atoms with van der Waals surface area (Å²) in [5, 5.41) is 0. The Bertz CT molecular complexity index is 515. The fourth-order valence-electron chi connectivity index (χ4n) is 6.31. The van der Waals surface area contributed by atoms with Crippen LogP contribution >= 0.6 is 0 Å². The molecule has 22 heavy (non-hydrogen) atoms. The maximum atomic E-state index is 12.0. The summed E-state index contributed by atoms with van der Waals surface area (Å²) >= 11 is 0. The smallest absolute Gasteiger partial charge is 0.173 e. The number of allylic oxidation sites excluding steroid dienone is 2. The lowest BCUT2D eigenvalue weighted by Gasteiger charge is -2.63. The van der Waals surface area contributed by atoms with Gasteiger partial charge in [0.05, 0.1) is 13.2 Å². The van der Waals surface area contributed by atoms with Gasteiger partial charge in [0.1, 0.15) is 0 Å². The van der Waals surface area contributed by atoms with Crippen LogP contribution in [0.25, 0.3) is 0 Å². The Morgan fingerprint density at radius 1 is 1.09 bits per heavy atom. The summed E-state index contributed by atoms with van der Waals surface area (Å²) in [6.07, 6.45) is 9.25. The zero-order valence-corrected chi connectivity index (χ0v) is 14.1. The van der Waals surface area contributed by atoms with Gasteiger partial charge in [0.2, 0.25) is 0 Å². The number of carbonyl (C=O) groups is 1. The lowest BCUT2D eigenvalue weighted by atomic mass is 9.44. The summed E-state index contributed by atoms with van der Waals surface area (Å²) in [4.78, 5) is 12.0. The van der Waals surface area contributed by atoms with E-state index >= 15 is 0 Å². The van der Waals surface area contributed by atoms with E-state index in [1.54, 1.807) is 0 Å². The molecule has 1 aliphatic heterocycles. The van der Waals surface area contributed by atoms with Gasteiger partial charge in [-0.15, -0.1) is 0 Å². The van der Waals surface area contributed by atoms with Crippen LogP contribution in [0.15, 0.2) is 12.2 Å². The van der Waals surface area contributed by atoms with Crippen molar-refractivity contribution in [2.75, 3.05) is 13.2 Å². The van der Waals surface area contributed by atoms with Crippen molar-refractivity contribution < 1.29 is 14.3 Å². The van der Waals surface area contributed by atoms with Gasteiger partial charge in [-0.1, -0.05) is 26.8 Å². The highest BCUT2D eigenvalue weighted by Crippen LogP contribution is 2.66. The van der Waals surface area contributed by atoms with E-state index in [9.17, 15) is 4.79 Å². The monoisotopic (exact) mass is 304 g/mol. The summed E-state index contributed by atoms with van der Waals surface area (Å²) in [5.74, 6) is 1.58. The molecule has 0 aromatic heterocycles. The number of hydrogen-bond donors (Lipinski definition) is 0. The predicted octanol–water partition coefficient (Wildman–Crippen LogP) is 3.73. The van der Waals surface area contributed by atoms with Gasteiger partial charge >= 0.3 is 0 Å². The SMILES string of the molecule is CC1(C)[C@@H]2CC[C@H]3C=CC(=O)C[C@@H]3[C@@]2(C)CCC12OCCO2. The molecule has 3 heteroatoms. The first-order chi connectivity index (χ1) is 10.4. The Morgan fingerprint density at radius 2 is 1.82 bits per heavy atom. The van der Waals surface area contributed by atoms with Crippen molar-refractivity contribution in [3.8, 4) is 0 Å². The zero-order valence-electron chi connectivity index (χ0n) is 14.1. The number of carbonyl (C=O) groups excluding carboxylic acids is 1. The Balaban J connectivity index is 1.71. The van der Waals surface area contributed by atoms with Gasteiger partial charge in [-0.05, 0) is 48.5 Å². The van der Waals surface area contributed by atoms with Gasteiger partial charge in [0, 0.05) is 18.3 Å². The maximum absolute atomic E-state index is 12.0. The summed E-state index contributed by atoms with van der Waals surface area (Å²) in [6.45, 7) is 8.55. The van der Waals surface area contributed by atoms with Crippen molar-refractivity contribution in [2.24, 2.45) is 28.6 Å². The van der Waals surface area contributed by atoms with Crippen molar-refractivity contribution in [2.45, 2.75) is 58.7 Å². The topological polar surface area (TPSA) is 35.5 Å². The fraction of sp³-hybridized carbons (Fsp3) is 0.842. The van der Waals surface area contributed by atoms with Crippen LogP contribution in [-0.2, 0) is 14.3 Å². The number of hydrogen-bond acceptors (Lipinski definition) is 3. The second kappa shape index (κ2) is 4.67. The molecule has 4 rings (SSSR count). The largest absolute Gasteiger partial charge is 0.347 e.